The molecule has 0 aliphatic heterocycles. The minimum atomic E-state index is -4.05. The van der Waals surface area contributed by atoms with E-state index in [4.69, 9.17) is 16.3 Å². The summed E-state index contributed by atoms with van der Waals surface area (Å²) >= 11 is 5.90. The third-order valence-electron chi connectivity index (χ3n) is 3.55. The minimum absolute atomic E-state index is 0.149. The standard InChI is InChI=1S/C16H16ClNO5S/c1-9-6-11(16(19)20)7-15(10(9)2)24(21,22)18-13-8-12(17)4-5-14(13)23-3/h4-8,18H,1-3H3,(H,19,20)/p-1. The second-order valence-electron chi connectivity index (χ2n) is 5.15. The SMILES string of the molecule is COc1ccc(Cl)cc1NS(=O)(=O)c1cc(C(=O)[O-])cc(C)c1C. The molecule has 0 saturated carbocycles. The van der Waals surface area contributed by atoms with E-state index in [1.165, 1.54) is 25.3 Å². The zero-order valence-electron chi connectivity index (χ0n) is 13.2. The molecule has 2 aromatic carbocycles. The molecule has 24 heavy (non-hydrogen) atoms. The fourth-order valence-electron chi connectivity index (χ4n) is 2.18. The van der Waals surface area contributed by atoms with Crippen molar-refractivity contribution in [1.29, 1.82) is 0 Å². The summed E-state index contributed by atoms with van der Waals surface area (Å²) < 4.78 is 32.9. The fraction of sp³-hybridized carbons (Fsp3) is 0.188. The van der Waals surface area contributed by atoms with Gasteiger partial charge in [0.1, 0.15) is 5.75 Å². The van der Waals surface area contributed by atoms with E-state index >= 15 is 0 Å². The number of aromatic carboxylic acids is 1. The molecule has 128 valence electrons. The van der Waals surface area contributed by atoms with E-state index in [-0.39, 0.29) is 21.9 Å². The molecule has 0 unspecified atom stereocenters. The van der Waals surface area contributed by atoms with Gasteiger partial charge in [0.2, 0.25) is 0 Å². The summed E-state index contributed by atoms with van der Waals surface area (Å²) in [6.45, 7) is 3.22. The van der Waals surface area contributed by atoms with Gasteiger partial charge in [-0.1, -0.05) is 11.6 Å². The van der Waals surface area contributed by atoms with Crippen LogP contribution in [0.15, 0.2) is 35.2 Å². The van der Waals surface area contributed by atoms with Gasteiger partial charge < -0.3 is 14.6 Å². The molecule has 2 aromatic rings. The Hall–Kier alpha value is -2.25. The Morgan fingerprint density at radius 2 is 1.88 bits per heavy atom. The number of halogens is 1. The number of nitrogens with one attached hydrogen (secondary N) is 1. The van der Waals surface area contributed by atoms with Crippen molar-refractivity contribution in [3.8, 4) is 5.75 Å². The van der Waals surface area contributed by atoms with E-state index in [9.17, 15) is 18.3 Å². The van der Waals surface area contributed by atoms with E-state index < -0.39 is 16.0 Å². The molecule has 0 aliphatic carbocycles. The molecular weight excluding hydrogens is 354 g/mol. The minimum Gasteiger partial charge on any atom is -0.545 e. The first-order valence-corrected chi connectivity index (χ1v) is 8.71. The van der Waals surface area contributed by atoms with Crippen LogP contribution in [0.5, 0.6) is 5.75 Å². The highest BCUT2D eigenvalue weighted by Crippen LogP contribution is 2.31. The number of anilines is 1. The summed E-state index contributed by atoms with van der Waals surface area (Å²) in [6.07, 6.45) is 0. The van der Waals surface area contributed by atoms with Crippen molar-refractivity contribution in [3.05, 3.63) is 52.0 Å². The maximum absolute atomic E-state index is 12.7. The molecule has 0 amide bonds. The lowest BCUT2D eigenvalue weighted by Crippen LogP contribution is -2.24. The van der Waals surface area contributed by atoms with Crippen molar-refractivity contribution in [2.24, 2.45) is 0 Å². The molecule has 0 atom stereocenters. The molecule has 0 radical (unpaired) electrons. The van der Waals surface area contributed by atoms with E-state index in [1.807, 2.05) is 0 Å². The van der Waals surface area contributed by atoms with Crippen molar-refractivity contribution in [2.75, 3.05) is 11.8 Å². The highest BCUT2D eigenvalue weighted by atomic mass is 35.5. The van der Waals surface area contributed by atoms with E-state index in [1.54, 1.807) is 19.9 Å². The molecule has 2 rings (SSSR count). The third kappa shape index (κ3) is 3.63. The number of carboxylic acids is 1. The molecule has 0 saturated heterocycles. The Kier molecular flexibility index (Phi) is 5.05. The van der Waals surface area contributed by atoms with Gasteiger partial charge in [-0.05, 0) is 60.9 Å². The quantitative estimate of drug-likeness (QED) is 0.872. The Morgan fingerprint density at radius 1 is 1.21 bits per heavy atom. The van der Waals surface area contributed by atoms with Crippen molar-refractivity contribution in [3.63, 3.8) is 0 Å². The summed E-state index contributed by atoms with van der Waals surface area (Å²) in [5.41, 5.74) is 0.904. The maximum Gasteiger partial charge on any atom is 0.262 e. The summed E-state index contributed by atoms with van der Waals surface area (Å²) in [6, 6.07) is 6.92. The predicted octanol–water partition coefficient (Wildman–Crippen LogP) is 2.13. The number of sulfonamides is 1. The van der Waals surface area contributed by atoms with Crippen LogP contribution >= 0.6 is 11.6 Å². The van der Waals surface area contributed by atoms with Crippen LogP contribution in [-0.4, -0.2) is 21.5 Å². The number of rotatable bonds is 5. The van der Waals surface area contributed by atoms with Gasteiger partial charge in [-0.25, -0.2) is 8.42 Å². The van der Waals surface area contributed by atoms with Crippen LogP contribution in [0.1, 0.15) is 21.5 Å². The summed E-state index contributed by atoms with van der Waals surface area (Å²) in [4.78, 5) is 10.9. The summed E-state index contributed by atoms with van der Waals surface area (Å²) in [7, 11) is -2.66. The van der Waals surface area contributed by atoms with Gasteiger partial charge in [0.25, 0.3) is 10.0 Å². The van der Waals surface area contributed by atoms with Gasteiger partial charge in [-0.2, -0.15) is 0 Å². The average molecular weight is 369 g/mol. The van der Waals surface area contributed by atoms with Crippen LogP contribution < -0.4 is 14.6 Å². The first-order chi connectivity index (χ1) is 11.2. The molecule has 0 aliphatic rings. The van der Waals surface area contributed by atoms with Gasteiger partial charge in [0.15, 0.2) is 0 Å². The first kappa shape index (κ1) is 18.1. The molecule has 0 spiro atoms. The van der Waals surface area contributed by atoms with E-state index in [0.717, 1.165) is 6.07 Å². The number of aryl methyl sites for hydroxylation is 1. The second-order valence-corrected chi connectivity index (χ2v) is 7.24. The molecule has 0 aromatic heterocycles. The van der Waals surface area contributed by atoms with Crippen LogP contribution in [0.2, 0.25) is 5.02 Å². The largest absolute Gasteiger partial charge is 0.545 e. The number of hydrogen-bond donors (Lipinski definition) is 1. The molecule has 8 heteroatoms. The predicted molar refractivity (Wildman–Crippen MR) is 89.1 cm³/mol. The van der Waals surface area contributed by atoms with Crippen molar-refractivity contribution >= 4 is 33.3 Å². The molecule has 0 fully saturated rings. The van der Waals surface area contributed by atoms with Crippen molar-refractivity contribution < 1.29 is 23.1 Å². The van der Waals surface area contributed by atoms with Gasteiger partial charge >= 0.3 is 0 Å². The van der Waals surface area contributed by atoms with Crippen LogP contribution in [-0.2, 0) is 10.0 Å². The summed E-state index contributed by atoms with van der Waals surface area (Å²) in [5.74, 6) is -1.16. The first-order valence-electron chi connectivity index (χ1n) is 6.84. The molecule has 0 bridgehead atoms. The topological polar surface area (TPSA) is 95.5 Å². The van der Waals surface area contributed by atoms with E-state index in [2.05, 4.69) is 4.72 Å². The maximum atomic E-state index is 12.7. The fourth-order valence-corrected chi connectivity index (χ4v) is 3.76. The van der Waals surface area contributed by atoms with Gasteiger partial charge in [0.05, 0.1) is 23.7 Å². The molecule has 0 heterocycles. The molecule has 1 N–H and O–H groups in total. The van der Waals surface area contributed by atoms with E-state index in [0.29, 0.717) is 16.1 Å². The number of carbonyl (C=O) groups excluding carboxylic acids is 1. The lowest BCUT2D eigenvalue weighted by molar-refractivity contribution is -0.255. The lowest BCUT2D eigenvalue weighted by Gasteiger charge is -2.16. The van der Waals surface area contributed by atoms with Crippen LogP contribution in [0.3, 0.4) is 0 Å². The number of hydrogen-bond acceptors (Lipinski definition) is 5. The summed E-state index contributed by atoms with van der Waals surface area (Å²) in [5, 5.41) is 11.4. The van der Waals surface area contributed by atoms with Crippen LogP contribution in [0.4, 0.5) is 5.69 Å². The average Bonchev–Trinajstić information content (AvgIpc) is 2.49. The number of benzene rings is 2. The van der Waals surface area contributed by atoms with Crippen molar-refractivity contribution in [2.45, 2.75) is 18.7 Å². The zero-order chi connectivity index (χ0) is 18.1. The van der Waals surface area contributed by atoms with Gasteiger partial charge in [-0.15, -0.1) is 0 Å². The third-order valence-corrected chi connectivity index (χ3v) is 5.28. The number of ether oxygens (including phenoxy) is 1. The van der Waals surface area contributed by atoms with Crippen LogP contribution in [0.25, 0.3) is 0 Å². The highest BCUT2D eigenvalue weighted by Gasteiger charge is 2.21. The number of methoxy groups -OCH3 is 1. The monoisotopic (exact) mass is 368 g/mol. The Labute approximate surface area is 145 Å². The Morgan fingerprint density at radius 3 is 2.46 bits per heavy atom. The Balaban J connectivity index is 2.56. The highest BCUT2D eigenvalue weighted by molar-refractivity contribution is 7.92. The number of carbonyl (C=O) groups is 1. The molecular formula is C16H15ClNO5S-. The lowest BCUT2D eigenvalue weighted by atomic mass is 10.1. The normalized spacial score (nSPS) is 11.2. The second kappa shape index (κ2) is 6.70. The smallest absolute Gasteiger partial charge is 0.262 e. The number of carboxylic acid groups (broad SMARTS) is 1. The van der Waals surface area contributed by atoms with Gasteiger partial charge in [0, 0.05) is 5.02 Å². The zero-order valence-corrected chi connectivity index (χ0v) is 14.8. The van der Waals surface area contributed by atoms with Crippen LogP contribution in [0, 0.1) is 13.8 Å². The Bertz CT molecular complexity index is 909. The molecule has 6 nitrogen and oxygen atoms in total. The van der Waals surface area contributed by atoms with Gasteiger partial charge in [-0.3, -0.25) is 4.72 Å². The van der Waals surface area contributed by atoms with Crippen molar-refractivity contribution in [1.82, 2.24) is 0 Å².